The van der Waals surface area contributed by atoms with Gasteiger partial charge < -0.3 is 5.11 Å². The highest BCUT2D eigenvalue weighted by Gasteiger charge is 2.12. The fraction of sp³-hybridized carbons (Fsp3) is 0.294. The van der Waals surface area contributed by atoms with Crippen molar-refractivity contribution < 1.29 is 5.11 Å². The summed E-state index contributed by atoms with van der Waals surface area (Å²) in [6.07, 6.45) is 0. The van der Waals surface area contributed by atoms with E-state index in [-0.39, 0.29) is 5.41 Å². The van der Waals surface area contributed by atoms with Crippen molar-refractivity contribution in [2.24, 2.45) is 0 Å². The van der Waals surface area contributed by atoms with Crippen molar-refractivity contribution in [1.29, 1.82) is 0 Å². The van der Waals surface area contributed by atoms with Gasteiger partial charge in [0.25, 0.3) is 0 Å². The second-order valence-electron chi connectivity index (χ2n) is 5.70. The van der Waals surface area contributed by atoms with Crippen LogP contribution in [0.25, 0.3) is 0 Å². The highest BCUT2D eigenvalue weighted by atomic mass is 32.2. The van der Waals surface area contributed by atoms with Crippen LogP contribution in [0.1, 0.15) is 31.9 Å². The molecule has 0 saturated carbocycles. The summed E-state index contributed by atoms with van der Waals surface area (Å²) < 4.78 is 0. The normalized spacial score (nSPS) is 11.5. The Morgan fingerprint density at radius 3 is 2.16 bits per heavy atom. The molecule has 0 aliphatic carbocycles. The van der Waals surface area contributed by atoms with Crippen LogP contribution in [0.5, 0.6) is 5.75 Å². The van der Waals surface area contributed by atoms with Crippen molar-refractivity contribution in [2.75, 3.05) is 0 Å². The predicted molar refractivity (Wildman–Crippen MR) is 82.8 cm³/mol. The molecule has 1 nitrogen and oxygen atoms in total. The summed E-state index contributed by atoms with van der Waals surface area (Å²) in [7, 11) is 0. The summed E-state index contributed by atoms with van der Waals surface area (Å²) in [5.74, 6) is 1.24. The lowest BCUT2D eigenvalue weighted by atomic mass is 9.87. The Kier molecular flexibility index (Phi) is 4.20. The molecule has 100 valence electrons. The first-order valence-corrected chi connectivity index (χ1v) is 7.45. The van der Waals surface area contributed by atoms with Crippen LogP contribution in [-0.4, -0.2) is 5.11 Å². The Bertz CT molecular complexity index is 538. The zero-order valence-electron chi connectivity index (χ0n) is 11.7. The molecular weight excluding hydrogens is 252 g/mol. The van der Waals surface area contributed by atoms with E-state index < -0.39 is 0 Å². The van der Waals surface area contributed by atoms with E-state index in [0.29, 0.717) is 5.75 Å². The van der Waals surface area contributed by atoms with Crippen LogP contribution in [0.3, 0.4) is 0 Å². The largest absolute Gasteiger partial charge is 0.507 e. The Hall–Kier alpha value is -1.41. The lowest BCUT2D eigenvalue weighted by molar-refractivity contribution is 0.462. The van der Waals surface area contributed by atoms with Gasteiger partial charge in [0.05, 0.1) is 0 Å². The zero-order chi connectivity index (χ0) is 13.9. The number of para-hydroxylation sites is 1. The van der Waals surface area contributed by atoms with E-state index in [1.807, 2.05) is 18.2 Å². The van der Waals surface area contributed by atoms with Gasteiger partial charge >= 0.3 is 0 Å². The third-order valence-corrected chi connectivity index (χ3v) is 4.21. The van der Waals surface area contributed by atoms with E-state index in [0.717, 1.165) is 10.6 Å². The van der Waals surface area contributed by atoms with Crippen LogP contribution in [-0.2, 0) is 11.2 Å². The maximum atomic E-state index is 9.72. The number of benzene rings is 2. The van der Waals surface area contributed by atoms with Crippen LogP contribution in [0, 0.1) is 0 Å². The third kappa shape index (κ3) is 3.77. The Labute approximate surface area is 119 Å². The molecule has 0 aliphatic heterocycles. The summed E-state index contributed by atoms with van der Waals surface area (Å²) in [4.78, 5) is 0.933. The summed E-state index contributed by atoms with van der Waals surface area (Å²) in [5.41, 5.74) is 2.83. The number of phenolic OH excluding ortho intramolecular Hbond substituents is 1. The monoisotopic (exact) mass is 272 g/mol. The maximum Gasteiger partial charge on any atom is 0.129 e. The van der Waals surface area contributed by atoms with Gasteiger partial charge in [-0.25, -0.2) is 0 Å². The van der Waals surface area contributed by atoms with E-state index in [1.165, 1.54) is 11.1 Å². The van der Waals surface area contributed by atoms with Crippen molar-refractivity contribution in [2.45, 2.75) is 36.8 Å². The van der Waals surface area contributed by atoms with Crippen LogP contribution in [0.2, 0.25) is 0 Å². The summed E-state index contributed by atoms with van der Waals surface area (Å²) >= 11 is 1.66. The first-order valence-electron chi connectivity index (χ1n) is 6.47. The van der Waals surface area contributed by atoms with Crippen molar-refractivity contribution in [3.05, 3.63) is 59.7 Å². The van der Waals surface area contributed by atoms with Crippen molar-refractivity contribution in [3.8, 4) is 5.75 Å². The molecule has 1 N–H and O–H groups in total. The van der Waals surface area contributed by atoms with Crippen LogP contribution >= 0.6 is 11.8 Å². The van der Waals surface area contributed by atoms with E-state index in [4.69, 9.17) is 0 Å². The molecule has 0 amide bonds. The smallest absolute Gasteiger partial charge is 0.129 e. The molecule has 0 atom stereocenters. The quantitative estimate of drug-likeness (QED) is 0.795. The number of phenols is 1. The molecule has 2 aromatic rings. The SMILES string of the molecule is CC(C)(C)c1ccc(CSc2ccccc2O)cc1. The fourth-order valence-corrected chi connectivity index (χ4v) is 2.75. The second kappa shape index (κ2) is 5.70. The number of hydrogen-bond acceptors (Lipinski definition) is 2. The summed E-state index contributed by atoms with van der Waals surface area (Å²) in [6.45, 7) is 6.66. The minimum Gasteiger partial charge on any atom is -0.507 e. The highest BCUT2D eigenvalue weighted by Crippen LogP contribution is 2.31. The van der Waals surface area contributed by atoms with Gasteiger partial charge in [0, 0.05) is 10.6 Å². The number of thioether (sulfide) groups is 1. The van der Waals surface area contributed by atoms with Crippen molar-refractivity contribution in [1.82, 2.24) is 0 Å². The first kappa shape index (κ1) is 14.0. The molecule has 2 rings (SSSR count). The molecule has 0 fully saturated rings. The molecule has 0 unspecified atom stereocenters. The van der Waals surface area contributed by atoms with Gasteiger partial charge in [-0.05, 0) is 28.7 Å². The lowest BCUT2D eigenvalue weighted by Gasteiger charge is -2.19. The number of hydrogen-bond donors (Lipinski definition) is 1. The van der Waals surface area contributed by atoms with E-state index in [2.05, 4.69) is 45.0 Å². The average Bonchev–Trinajstić information content (AvgIpc) is 2.37. The van der Waals surface area contributed by atoms with Gasteiger partial charge in [0.1, 0.15) is 5.75 Å². The van der Waals surface area contributed by atoms with Gasteiger partial charge in [-0.15, -0.1) is 11.8 Å². The molecule has 0 saturated heterocycles. The fourth-order valence-electron chi connectivity index (χ4n) is 1.84. The minimum atomic E-state index is 0.198. The van der Waals surface area contributed by atoms with Gasteiger partial charge in [0.2, 0.25) is 0 Å². The van der Waals surface area contributed by atoms with Gasteiger partial charge in [0.15, 0.2) is 0 Å². The van der Waals surface area contributed by atoms with E-state index in [1.54, 1.807) is 17.8 Å². The maximum absolute atomic E-state index is 9.72. The number of aromatic hydroxyl groups is 1. The highest BCUT2D eigenvalue weighted by molar-refractivity contribution is 7.98. The molecule has 0 heterocycles. The Morgan fingerprint density at radius 1 is 0.947 bits per heavy atom. The van der Waals surface area contributed by atoms with Gasteiger partial charge in [-0.2, -0.15) is 0 Å². The number of rotatable bonds is 3. The van der Waals surface area contributed by atoms with E-state index in [9.17, 15) is 5.11 Å². The lowest BCUT2D eigenvalue weighted by Crippen LogP contribution is -2.10. The van der Waals surface area contributed by atoms with Crippen LogP contribution < -0.4 is 0 Å². The third-order valence-electron chi connectivity index (χ3n) is 3.08. The van der Waals surface area contributed by atoms with Crippen molar-refractivity contribution in [3.63, 3.8) is 0 Å². The average molecular weight is 272 g/mol. The predicted octanol–water partition coefficient (Wildman–Crippen LogP) is 4.98. The molecule has 2 heteroatoms. The van der Waals surface area contributed by atoms with Crippen LogP contribution in [0.15, 0.2) is 53.4 Å². The standard InChI is InChI=1S/C17H20OS/c1-17(2,3)14-10-8-13(9-11-14)12-19-16-7-5-4-6-15(16)18/h4-11,18H,12H2,1-3H3. The zero-order valence-corrected chi connectivity index (χ0v) is 12.5. The Balaban J connectivity index is 2.03. The Morgan fingerprint density at radius 2 is 1.58 bits per heavy atom. The van der Waals surface area contributed by atoms with E-state index >= 15 is 0 Å². The summed E-state index contributed by atoms with van der Waals surface area (Å²) in [5, 5.41) is 9.72. The molecule has 19 heavy (non-hydrogen) atoms. The van der Waals surface area contributed by atoms with Crippen molar-refractivity contribution >= 4 is 11.8 Å². The second-order valence-corrected chi connectivity index (χ2v) is 6.72. The van der Waals surface area contributed by atoms with Crippen LogP contribution in [0.4, 0.5) is 0 Å². The molecule has 0 aromatic heterocycles. The molecule has 0 radical (unpaired) electrons. The topological polar surface area (TPSA) is 20.2 Å². The minimum absolute atomic E-state index is 0.198. The first-order chi connectivity index (χ1) is 8.97. The molecule has 0 aliphatic rings. The molecular formula is C17H20OS. The molecule has 0 spiro atoms. The summed E-state index contributed by atoms with van der Waals surface area (Å²) in [6, 6.07) is 16.2. The molecule has 2 aromatic carbocycles. The van der Waals surface area contributed by atoms with Gasteiger partial charge in [-0.3, -0.25) is 0 Å². The molecule has 0 bridgehead atoms. The van der Waals surface area contributed by atoms with Gasteiger partial charge in [-0.1, -0.05) is 57.2 Å².